The van der Waals surface area contributed by atoms with Crippen molar-refractivity contribution < 1.29 is 31.5 Å². The van der Waals surface area contributed by atoms with Crippen molar-refractivity contribution in [2.24, 2.45) is 5.73 Å². The minimum atomic E-state index is -4.71. The lowest BCUT2D eigenvalue weighted by Crippen LogP contribution is -2.25. The van der Waals surface area contributed by atoms with Gasteiger partial charge in [-0.05, 0) is 41.8 Å². The summed E-state index contributed by atoms with van der Waals surface area (Å²) in [5, 5.41) is 3.31. The predicted octanol–water partition coefficient (Wildman–Crippen LogP) is 7.14. The van der Waals surface area contributed by atoms with Gasteiger partial charge in [0.05, 0.1) is 5.69 Å². The van der Waals surface area contributed by atoms with E-state index in [1.807, 2.05) is 6.92 Å². The Hall–Kier alpha value is -4.25. The number of carbonyl (C=O) groups excluding carboxylic acids is 1. The number of halogens is 5. The van der Waals surface area contributed by atoms with Crippen LogP contribution in [0.2, 0.25) is 0 Å². The van der Waals surface area contributed by atoms with Crippen LogP contribution < -0.4 is 15.8 Å². The summed E-state index contributed by atoms with van der Waals surface area (Å²) in [4.78, 5) is 15.5. The Morgan fingerprint density at radius 1 is 1.00 bits per heavy atom. The molecule has 4 rings (SSSR count). The van der Waals surface area contributed by atoms with Crippen molar-refractivity contribution in [3.05, 3.63) is 107 Å². The van der Waals surface area contributed by atoms with Gasteiger partial charge < -0.3 is 20.4 Å². The van der Waals surface area contributed by atoms with Crippen molar-refractivity contribution in [3.63, 3.8) is 0 Å². The van der Waals surface area contributed by atoms with E-state index < -0.39 is 30.4 Å². The number of unbranched alkanes of at least 4 members (excludes halogenated alkanes) is 1. The number of aromatic nitrogens is 2. The van der Waals surface area contributed by atoms with E-state index in [4.69, 9.17) is 5.73 Å². The molecule has 0 aliphatic carbocycles. The molecular weight excluding hydrogens is 555 g/mol. The first-order valence-electron chi connectivity index (χ1n) is 13.5. The van der Waals surface area contributed by atoms with Gasteiger partial charge in [0, 0.05) is 36.7 Å². The van der Waals surface area contributed by atoms with Crippen molar-refractivity contribution in [1.29, 1.82) is 0 Å². The number of nitrogens with two attached hydrogens (primary N) is 1. The smallest absolute Gasteiger partial charge is 0.435 e. The number of nitrogens with one attached hydrogen (secondary N) is 1. The number of benzene rings is 3. The second-order valence-corrected chi connectivity index (χ2v) is 9.75. The molecule has 0 saturated carbocycles. The Kier molecular flexibility index (Phi) is 9.95. The van der Waals surface area contributed by atoms with E-state index in [1.54, 1.807) is 71.3 Å². The molecule has 6 nitrogen and oxygen atoms in total. The summed E-state index contributed by atoms with van der Waals surface area (Å²) in [6, 6.07) is 20.4. The maximum absolute atomic E-state index is 14.4. The molecule has 4 aromatic rings. The fourth-order valence-corrected chi connectivity index (χ4v) is 4.70. The molecule has 1 heterocycles. The summed E-state index contributed by atoms with van der Waals surface area (Å²) in [7, 11) is 0. The number of hydrogen-bond acceptors (Lipinski definition) is 4. The number of primary amides is 1. The highest BCUT2D eigenvalue weighted by Crippen LogP contribution is 2.37. The summed E-state index contributed by atoms with van der Waals surface area (Å²) >= 11 is 0. The van der Waals surface area contributed by atoms with Crippen LogP contribution in [0.1, 0.15) is 58.7 Å². The fourth-order valence-electron chi connectivity index (χ4n) is 4.70. The molecule has 0 aliphatic heterocycles. The number of carbonyl (C=O) groups is 1. The van der Waals surface area contributed by atoms with Gasteiger partial charge in [0.1, 0.15) is 11.6 Å². The molecule has 222 valence electrons. The summed E-state index contributed by atoms with van der Waals surface area (Å²) in [6.45, 7) is -0.469. The van der Waals surface area contributed by atoms with Crippen molar-refractivity contribution in [2.75, 3.05) is 0 Å². The number of nitrogens with zero attached hydrogens (tertiary/aromatic N) is 2. The molecule has 1 amide bonds. The van der Waals surface area contributed by atoms with Gasteiger partial charge in [0.25, 0.3) is 0 Å². The van der Waals surface area contributed by atoms with E-state index in [2.05, 4.69) is 15.0 Å². The zero-order chi connectivity index (χ0) is 30.3. The number of rotatable bonds is 13. The fraction of sp³-hybridized carbons (Fsp3) is 0.290. The van der Waals surface area contributed by atoms with Gasteiger partial charge in [-0.1, -0.05) is 67.9 Å². The molecule has 3 aromatic carbocycles. The topological polar surface area (TPSA) is 82.2 Å². The summed E-state index contributed by atoms with van der Waals surface area (Å²) in [5.74, 6) is -0.412. The zero-order valence-corrected chi connectivity index (χ0v) is 22.9. The number of hydrogen-bond donors (Lipinski definition) is 2. The average Bonchev–Trinajstić information content (AvgIpc) is 3.33. The largest absolute Gasteiger partial charge is 0.435 e. The standard InChI is InChI=1S/C31H31F5N4O2/c1-2-3-17-40-26(27(31(34,35)36)39-29(40)23-7-5-4-6-8-23)18-25(21-13-15-24(16-14-21)42-30(32)33)38-19-20-9-11-22(12-10-20)28(37)41/h4-16,25,30,38H,2-3,17-19H2,1H3,(H2,37,41). The van der Waals surface area contributed by atoms with Gasteiger partial charge in [-0.25, -0.2) is 4.98 Å². The maximum Gasteiger partial charge on any atom is 0.435 e. The van der Waals surface area contributed by atoms with E-state index in [0.29, 0.717) is 29.7 Å². The van der Waals surface area contributed by atoms with Crippen LogP contribution in [-0.2, 0) is 25.7 Å². The second-order valence-electron chi connectivity index (χ2n) is 9.75. The summed E-state index contributed by atoms with van der Waals surface area (Å²) in [5.41, 5.74) is 6.61. The first-order chi connectivity index (χ1) is 20.1. The van der Waals surface area contributed by atoms with Crippen LogP contribution in [0, 0.1) is 0 Å². The lowest BCUT2D eigenvalue weighted by atomic mass is 9.99. The van der Waals surface area contributed by atoms with Gasteiger partial charge in [-0.3, -0.25) is 4.79 Å². The van der Waals surface area contributed by atoms with E-state index in [0.717, 1.165) is 12.0 Å². The van der Waals surface area contributed by atoms with Crippen molar-refractivity contribution in [2.45, 2.75) is 58.1 Å². The van der Waals surface area contributed by atoms with Crippen molar-refractivity contribution >= 4 is 5.91 Å². The minimum Gasteiger partial charge on any atom is -0.435 e. The zero-order valence-electron chi connectivity index (χ0n) is 22.9. The monoisotopic (exact) mass is 586 g/mol. The third-order valence-electron chi connectivity index (χ3n) is 6.80. The molecule has 1 aromatic heterocycles. The molecule has 0 bridgehead atoms. The molecule has 0 fully saturated rings. The molecule has 1 atom stereocenters. The third kappa shape index (κ3) is 7.73. The van der Waals surface area contributed by atoms with E-state index in [-0.39, 0.29) is 30.2 Å². The van der Waals surface area contributed by atoms with Crippen LogP contribution in [0.5, 0.6) is 5.75 Å². The van der Waals surface area contributed by atoms with Crippen LogP contribution in [0.4, 0.5) is 22.0 Å². The molecule has 1 unspecified atom stereocenters. The molecular formula is C31H31F5N4O2. The Bertz CT molecular complexity index is 1450. The summed E-state index contributed by atoms with van der Waals surface area (Å²) < 4.78 is 74.8. The number of imidazole rings is 1. The van der Waals surface area contributed by atoms with Gasteiger partial charge in [-0.2, -0.15) is 22.0 Å². The van der Waals surface area contributed by atoms with E-state index >= 15 is 0 Å². The average molecular weight is 587 g/mol. The van der Waals surface area contributed by atoms with Gasteiger partial charge in [-0.15, -0.1) is 0 Å². The van der Waals surface area contributed by atoms with Gasteiger partial charge in [0.15, 0.2) is 5.69 Å². The Balaban J connectivity index is 1.75. The molecule has 3 N–H and O–H groups in total. The molecule has 42 heavy (non-hydrogen) atoms. The SMILES string of the molecule is CCCCn1c(-c2ccccc2)nc(C(F)(F)F)c1CC(NCc1ccc(C(N)=O)cc1)c1ccc(OC(F)F)cc1. The van der Waals surface area contributed by atoms with Crippen LogP contribution >= 0.6 is 0 Å². The molecule has 0 radical (unpaired) electrons. The number of amides is 1. The highest BCUT2D eigenvalue weighted by Gasteiger charge is 2.39. The number of ether oxygens (including phenoxy) is 1. The van der Waals surface area contributed by atoms with Crippen LogP contribution in [0.15, 0.2) is 78.9 Å². The molecule has 11 heteroatoms. The van der Waals surface area contributed by atoms with Crippen molar-refractivity contribution in [3.8, 4) is 17.1 Å². The number of alkyl halides is 5. The lowest BCUT2D eigenvalue weighted by molar-refractivity contribution is -0.141. The Labute approximate surface area is 240 Å². The predicted molar refractivity (Wildman–Crippen MR) is 149 cm³/mol. The maximum atomic E-state index is 14.4. The van der Waals surface area contributed by atoms with Gasteiger partial charge >= 0.3 is 12.8 Å². The highest BCUT2D eigenvalue weighted by atomic mass is 19.4. The van der Waals surface area contributed by atoms with Crippen LogP contribution in [0.25, 0.3) is 11.4 Å². The lowest BCUT2D eigenvalue weighted by Gasteiger charge is -2.22. The van der Waals surface area contributed by atoms with Gasteiger partial charge in [0.2, 0.25) is 5.91 Å². The molecule has 0 spiro atoms. The molecule has 0 saturated heterocycles. The van der Waals surface area contributed by atoms with E-state index in [9.17, 15) is 26.7 Å². The summed E-state index contributed by atoms with van der Waals surface area (Å²) in [6.07, 6.45) is -3.39. The van der Waals surface area contributed by atoms with E-state index in [1.165, 1.54) is 12.1 Å². The van der Waals surface area contributed by atoms with Crippen molar-refractivity contribution in [1.82, 2.24) is 14.9 Å². The Morgan fingerprint density at radius 2 is 1.67 bits per heavy atom. The van der Waals surface area contributed by atoms with Crippen LogP contribution in [-0.4, -0.2) is 22.1 Å². The normalized spacial score (nSPS) is 12.5. The second kappa shape index (κ2) is 13.6. The highest BCUT2D eigenvalue weighted by molar-refractivity contribution is 5.92. The minimum absolute atomic E-state index is 0.0179. The third-order valence-corrected chi connectivity index (χ3v) is 6.80. The quantitative estimate of drug-likeness (QED) is 0.163. The first-order valence-corrected chi connectivity index (χ1v) is 13.5. The molecule has 0 aliphatic rings. The first kappa shape index (κ1) is 30.7. The Morgan fingerprint density at radius 3 is 2.24 bits per heavy atom. The van der Waals surface area contributed by atoms with Crippen LogP contribution in [0.3, 0.4) is 0 Å².